The molecular weight excluding hydrogens is 282 g/mol. The minimum absolute atomic E-state index is 0.131. The van der Waals surface area contributed by atoms with Gasteiger partial charge in [-0.25, -0.2) is 4.79 Å². The van der Waals surface area contributed by atoms with Crippen molar-refractivity contribution in [2.45, 2.75) is 25.7 Å². The quantitative estimate of drug-likeness (QED) is 0.927. The fourth-order valence-electron chi connectivity index (χ4n) is 3.41. The Hall–Kier alpha value is -1.88. The van der Waals surface area contributed by atoms with Crippen LogP contribution in [0.1, 0.15) is 35.2 Å². The Morgan fingerprint density at radius 2 is 1.82 bits per heavy atom. The predicted molar refractivity (Wildman–Crippen MR) is 80.8 cm³/mol. The van der Waals surface area contributed by atoms with Gasteiger partial charge >= 0.3 is 5.97 Å². The summed E-state index contributed by atoms with van der Waals surface area (Å²) in [6, 6.07) is 6.55. The number of ether oxygens (including phenoxy) is 1. The molecule has 3 rings (SSSR count). The van der Waals surface area contributed by atoms with Crippen LogP contribution in [0, 0.1) is 5.41 Å². The molecule has 0 unspecified atom stereocenters. The van der Waals surface area contributed by atoms with Gasteiger partial charge in [0.05, 0.1) is 12.0 Å². The van der Waals surface area contributed by atoms with E-state index in [0.29, 0.717) is 6.42 Å². The van der Waals surface area contributed by atoms with Crippen LogP contribution in [0.25, 0.3) is 0 Å². The Morgan fingerprint density at radius 3 is 2.45 bits per heavy atom. The van der Waals surface area contributed by atoms with Crippen LogP contribution in [0.15, 0.2) is 24.3 Å². The molecule has 0 aliphatic carbocycles. The molecule has 0 radical (unpaired) electrons. The summed E-state index contributed by atoms with van der Waals surface area (Å²) < 4.78 is 5.43. The number of nitrogens with zero attached hydrogens (tertiary/aromatic N) is 1. The lowest BCUT2D eigenvalue weighted by atomic mass is 9.80. The molecular formula is C17H21NO4. The number of benzene rings is 1. The SMILES string of the molecule is O=C(O)c1ccc(CC(=O)N2CCC3(CCOCC3)C2)cc1. The molecule has 0 saturated carbocycles. The van der Waals surface area contributed by atoms with Gasteiger partial charge < -0.3 is 14.7 Å². The Labute approximate surface area is 129 Å². The van der Waals surface area contributed by atoms with Gasteiger partial charge in [0.15, 0.2) is 0 Å². The highest BCUT2D eigenvalue weighted by molar-refractivity contribution is 5.87. The standard InChI is InChI=1S/C17H21NO4/c19-15(11-13-1-3-14(4-2-13)16(20)21)18-8-5-17(12-18)6-9-22-10-7-17/h1-4H,5-12H2,(H,20,21). The van der Waals surface area contributed by atoms with Gasteiger partial charge in [-0.15, -0.1) is 0 Å². The van der Waals surface area contributed by atoms with E-state index in [0.717, 1.165) is 51.1 Å². The minimum atomic E-state index is -0.945. The third-order valence-corrected chi connectivity index (χ3v) is 4.90. The number of carbonyl (C=O) groups excluding carboxylic acids is 1. The van der Waals surface area contributed by atoms with Gasteiger partial charge in [-0.05, 0) is 42.4 Å². The van der Waals surface area contributed by atoms with Crippen LogP contribution in [0.5, 0.6) is 0 Å². The second-order valence-corrected chi connectivity index (χ2v) is 6.36. The molecule has 1 amide bonds. The van der Waals surface area contributed by atoms with Crippen LogP contribution < -0.4 is 0 Å². The molecule has 0 aromatic heterocycles. The van der Waals surface area contributed by atoms with Gasteiger partial charge in [0.2, 0.25) is 5.91 Å². The number of hydrogen-bond acceptors (Lipinski definition) is 3. The number of likely N-dealkylation sites (tertiary alicyclic amines) is 1. The lowest BCUT2D eigenvalue weighted by molar-refractivity contribution is -0.130. The van der Waals surface area contributed by atoms with E-state index >= 15 is 0 Å². The summed E-state index contributed by atoms with van der Waals surface area (Å²) in [6.07, 6.45) is 3.50. The first-order valence-electron chi connectivity index (χ1n) is 7.76. The lowest BCUT2D eigenvalue weighted by Gasteiger charge is -2.33. The van der Waals surface area contributed by atoms with E-state index in [-0.39, 0.29) is 16.9 Å². The van der Waals surface area contributed by atoms with Gasteiger partial charge in [-0.1, -0.05) is 12.1 Å². The molecule has 118 valence electrons. The van der Waals surface area contributed by atoms with Crippen molar-refractivity contribution in [3.05, 3.63) is 35.4 Å². The van der Waals surface area contributed by atoms with Crippen molar-refractivity contribution in [2.75, 3.05) is 26.3 Å². The first-order chi connectivity index (χ1) is 10.6. The topological polar surface area (TPSA) is 66.8 Å². The highest BCUT2D eigenvalue weighted by Crippen LogP contribution is 2.39. The van der Waals surface area contributed by atoms with E-state index in [4.69, 9.17) is 9.84 Å². The van der Waals surface area contributed by atoms with Gasteiger partial charge in [0.25, 0.3) is 0 Å². The summed E-state index contributed by atoms with van der Waals surface area (Å²) in [5, 5.41) is 8.89. The summed E-state index contributed by atoms with van der Waals surface area (Å²) in [5.74, 6) is -0.815. The lowest BCUT2D eigenvalue weighted by Crippen LogP contribution is -2.36. The summed E-state index contributed by atoms with van der Waals surface area (Å²) in [6.45, 7) is 3.27. The Bertz CT molecular complexity index is 561. The maximum Gasteiger partial charge on any atom is 0.335 e. The van der Waals surface area contributed by atoms with Crippen LogP contribution in [0.4, 0.5) is 0 Å². The fourth-order valence-corrected chi connectivity index (χ4v) is 3.41. The van der Waals surface area contributed by atoms with Gasteiger partial charge in [0, 0.05) is 26.3 Å². The third kappa shape index (κ3) is 3.14. The largest absolute Gasteiger partial charge is 0.478 e. The monoisotopic (exact) mass is 303 g/mol. The number of carboxylic acids is 1. The molecule has 22 heavy (non-hydrogen) atoms. The number of hydrogen-bond donors (Lipinski definition) is 1. The molecule has 2 heterocycles. The maximum absolute atomic E-state index is 12.4. The van der Waals surface area contributed by atoms with E-state index in [1.807, 2.05) is 4.90 Å². The van der Waals surface area contributed by atoms with Crippen molar-refractivity contribution >= 4 is 11.9 Å². The van der Waals surface area contributed by atoms with E-state index < -0.39 is 5.97 Å². The van der Waals surface area contributed by atoms with Crippen molar-refractivity contribution in [1.29, 1.82) is 0 Å². The molecule has 1 aromatic rings. The highest BCUT2D eigenvalue weighted by atomic mass is 16.5. The zero-order chi connectivity index (χ0) is 15.6. The highest BCUT2D eigenvalue weighted by Gasteiger charge is 2.40. The van der Waals surface area contributed by atoms with Crippen LogP contribution in [0.2, 0.25) is 0 Å². The van der Waals surface area contributed by atoms with Gasteiger partial charge in [-0.2, -0.15) is 0 Å². The predicted octanol–water partition coefficient (Wildman–Crippen LogP) is 1.96. The number of carboxylic acid groups (broad SMARTS) is 1. The molecule has 1 spiro atoms. The Balaban J connectivity index is 1.59. The average molecular weight is 303 g/mol. The molecule has 5 heteroatoms. The van der Waals surface area contributed by atoms with Crippen molar-refractivity contribution in [2.24, 2.45) is 5.41 Å². The molecule has 2 saturated heterocycles. The molecule has 1 aromatic carbocycles. The second kappa shape index (κ2) is 6.08. The van der Waals surface area contributed by atoms with Crippen LogP contribution >= 0.6 is 0 Å². The van der Waals surface area contributed by atoms with E-state index in [1.165, 1.54) is 0 Å². The molecule has 2 aliphatic rings. The number of rotatable bonds is 3. The first kappa shape index (κ1) is 15.0. The number of aromatic carboxylic acids is 1. The second-order valence-electron chi connectivity index (χ2n) is 6.36. The number of amides is 1. The molecule has 0 bridgehead atoms. The number of carbonyl (C=O) groups is 2. The summed E-state index contributed by atoms with van der Waals surface area (Å²) in [7, 11) is 0. The minimum Gasteiger partial charge on any atom is -0.478 e. The van der Waals surface area contributed by atoms with Crippen LogP contribution in [-0.2, 0) is 16.0 Å². The molecule has 2 fully saturated rings. The van der Waals surface area contributed by atoms with E-state index in [9.17, 15) is 9.59 Å². The first-order valence-corrected chi connectivity index (χ1v) is 7.76. The average Bonchev–Trinajstić information content (AvgIpc) is 2.92. The molecule has 2 aliphatic heterocycles. The van der Waals surface area contributed by atoms with Crippen molar-refractivity contribution < 1.29 is 19.4 Å². The van der Waals surface area contributed by atoms with Gasteiger partial charge in [-0.3, -0.25) is 4.79 Å². The zero-order valence-electron chi connectivity index (χ0n) is 12.6. The van der Waals surface area contributed by atoms with Crippen LogP contribution in [-0.4, -0.2) is 48.2 Å². The summed E-state index contributed by atoms with van der Waals surface area (Å²) in [4.78, 5) is 25.2. The van der Waals surface area contributed by atoms with E-state index in [2.05, 4.69) is 0 Å². The third-order valence-electron chi connectivity index (χ3n) is 4.90. The fraction of sp³-hybridized carbons (Fsp3) is 0.529. The molecule has 1 N–H and O–H groups in total. The van der Waals surface area contributed by atoms with Crippen molar-refractivity contribution in [3.8, 4) is 0 Å². The molecule has 0 atom stereocenters. The van der Waals surface area contributed by atoms with E-state index in [1.54, 1.807) is 24.3 Å². The zero-order valence-corrected chi connectivity index (χ0v) is 12.6. The maximum atomic E-state index is 12.4. The van der Waals surface area contributed by atoms with Gasteiger partial charge in [0.1, 0.15) is 0 Å². The Morgan fingerprint density at radius 1 is 1.14 bits per heavy atom. The summed E-state index contributed by atoms with van der Waals surface area (Å²) >= 11 is 0. The van der Waals surface area contributed by atoms with Crippen LogP contribution in [0.3, 0.4) is 0 Å². The van der Waals surface area contributed by atoms with Crippen molar-refractivity contribution in [1.82, 2.24) is 4.90 Å². The smallest absolute Gasteiger partial charge is 0.335 e. The summed E-state index contributed by atoms with van der Waals surface area (Å²) in [5.41, 5.74) is 1.38. The Kier molecular flexibility index (Phi) is 4.16. The molecule has 5 nitrogen and oxygen atoms in total. The van der Waals surface area contributed by atoms with Crippen molar-refractivity contribution in [3.63, 3.8) is 0 Å². The normalized spacial score (nSPS) is 20.3.